The molecule has 2 rings (SSSR count). The van der Waals surface area contributed by atoms with E-state index in [0.29, 0.717) is 45.3 Å². The predicted molar refractivity (Wildman–Crippen MR) is 99.4 cm³/mol. The Morgan fingerprint density at radius 2 is 1.82 bits per heavy atom. The smallest absolute Gasteiger partial charge is 0.415 e. The minimum absolute atomic E-state index is 0.0875. The standard InChI is InChI=1S/C18H25N3O7/c22-13-3-1-2-10-20(14-8-11-19(12-9-14)17(23)24)18(25)28-16-6-4-15(5-7-16)21(26)27/h4-7,14,22H,1-3,8-13H2,(H,23,24). The number of non-ortho nitro benzene ring substituents is 1. The second-order valence-electron chi connectivity index (χ2n) is 6.60. The first-order valence-electron chi connectivity index (χ1n) is 9.24. The molecule has 0 atom stereocenters. The number of nitro groups is 1. The van der Waals surface area contributed by atoms with Crippen LogP contribution in [0.2, 0.25) is 0 Å². The van der Waals surface area contributed by atoms with Crippen molar-refractivity contribution >= 4 is 17.9 Å². The summed E-state index contributed by atoms with van der Waals surface area (Å²) in [4.78, 5) is 36.9. The summed E-state index contributed by atoms with van der Waals surface area (Å²) in [5, 5.41) is 28.7. The predicted octanol–water partition coefficient (Wildman–Crippen LogP) is 2.70. The van der Waals surface area contributed by atoms with Crippen molar-refractivity contribution in [2.45, 2.75) is 38.1 Å². The van der Waals surface area contributed by atoms with E-state index in [9.17, 15) is 19.7 Å². The van der Waals surface area contributed by atoms with Crippen LogP contribution in [0.1, 0.15) is 32.1 Å². The quantitative estimate of drug-likeness (QED) is 0.393. The first-order chi connectivity index (χ1) is 13.4. The van der Waals surface area contributed by atoms with Crippen LogP contribution in [0.5, 0.6) is 5.75 Å². The van der Waals surface area contributed by atoms with E-state index >= 15 is 0 Å². The Labute approximate surface area is 162 Å². The summed E-state index contributed by atoms with van der Waals surface area (Å²) in [6.07, 6.45) is 1.58. The van der Waals surface area contributed by atoms with Crippen molar-refractivity contribution in [3.8, 4) is 5.75 Å². The molecule has 10 nitrogen and oxygen atoms in total. The van der Waals surface area contributed by atoms with Gasteiger partial charge in [-0.2, -0.15) is 0 Å². The molecule has 1 heterocycles. The molecule has 1 aromatic carbocycles. The molecule has 1 aliphatic heterocycles. The minimum atomic E-state index is -0.971. The van der Waals surface area contributed by atoms with Gasteiger partial charge >= 0.3 is 12.2 Å². The van der Waals surface area contributed by atoms with Crippen LogP contribution in [0.3, 0.4) is 0 Å². The lowest BCUT2D eigenvalue weighted by molar-refractivity contribution is -0.384. The first kappa shape index (κ1) is 21.4. The zero-order valence-electron chi connectivity index (χ0n) is 15.5. The van der Waals surface area contributed by atoms with E-state index in [4.69, 9.17) is 14.9 Å². The van der Waals surface area contributed by atoms with E-state index < -0.39 is 17.1 Å². The van der Waals surface area contributed by atoms with Gasteiger partial charge in [-0.25, -0.2) is 9.59 Å². The number of likely N-dealkylation sites (tertiary alicyclic amines) is 1. The fraction of sp³-hybridized carbons (Fsp3) is 0.556. The van der Waals surface area contributed by atoms with E-state index in [1.54, 1.807) is 4.90 Å². The Hall–Kier alpha value is -2.88. The van der Waals surface area contributed by atoms with Gasteiger partial charge < -0.3 is 24.7 Å². The van der Waals surface area contributed by atoms with Crippen LogP contribution in [-0.4, -0.2) is 69.4 Å². The molecule has 2 amide bonds. The Morgan fingerprint density at radius 3 is 2.36 bits per heavy atom. The topological polar surface area (TPSA) is 133 Å². The average molecular weight is 395 g/mol. The summed E-state index contributed by atoms with van der Waals surface area (Å²) in [5.74, 6) is 0.207. The molecular weight excluding hydrogens is 370 g/mol. The molecule has 154 valence electrons. The number of ether oxygens (including phenoxy) is 1. The fourth-order valence-corrected chi connectivity index (χ4v) is 3.16. The normalized spacial score (nSPS) is 14.5. The highest BCUT2D eigenvalue weighted by molar-refractivity contribution is 5.71. The molecule has 0 aromatic heterocycles. The number of hydrogen-bond acceptors (Lipinski definition) is 6. The van der Waals surface area contributed by atoms with Gasteiger partial charge in [-0.05, 0) is 44.2 Å². The summed E-state index contributed by atoms with van der Waals surface area (Å²) in [5.41, 5.74) is -0.0956. The van der Waals surface area contributed by atoms with E-state index in [1.807, 2.05) is 0 Å². The van der Waals surface area contributed by atoms with Gasteiger partial charge in [0.1, 0.15) is 5.75 Å². The lowest BCUT2D eigenvalue weighted by Gasteiger charge is -2.37. The molecule has 1 fully saturated rings. The van der Waals surface area contributed by atoms with Gasteiger partial charge in [0.15, 0.2) is 0 Å². The fourth-order valence-electron chi connectivity index (χ4n) is 3.16. The molecular formula is C18H25N3O7. The van der Waals surface area contributed by atoms with Crippen molar-refractivity contribution in [1.29, 1.82) is 0 Å². The van der Waals surface area contributed by atoms with Crippen molar-refractivity contribution in [2.24, 2.45) is 0 Å². The third kappa shape index (κ3) is 6.08. The van der Waals surface area contributed by atoms with Crippen molar-refractivity contribution < 1.29 is 29.5 Å². The number of aliphatic hydroxyl groups excluding tert-OH is 1. The largest absolute Gasteiger partial charge is 0.465 e. The number of carbonyl (C=O) groups excluding carboxylic acids is 1. The molecule has 0 spiro atoms. The monoisotopic (exact) mass is 395 g/mol. The van der Waals surface area contributed by atoms with Gasteiger partial charge in [-0.1, -0.05) is 0 Å². The molecule has 1 saturated heterocycles. The molecule has 10 heteroatoms. The van der Waals surface area contributed by atoms with Crippen LogP contribution < -0.4 is 4.74 Å². The summed E-state index contributed by atoms with van der Waals surface area (Å²) in [6, 6.07) is 5.12. The summed E-state index contributed by atoms with van der Waals surface area (Å²) < 4.78 is 5.38. The maximum absolute atomic E-state index is 12.7. The van der Waals surface area contributed by atoms with Gasteiger partial charge in [0, 0.05) is 44.4 Å². The van der Waals surface area contributed by atoms with Crippen molar-refractivity contribution in [1.82, 2.24) is 9.80 Å². The van der Waals surface area contributed by atoms with Crippen molar-refractivity contribution in [3.05, 3.63) is 34.4 Å². The van der Waals surface area contributed by atoms with Crippen LogP contribution in [0.15, 0.2) is 24.3 Å². The van der Waals surface area contributed by atoms with Crippen molar-refractivity contribution in [3.63, 3.8) is 0 Å². The van der Waals surface area contributed by atoms with Gasteiger partial charge in [0.05, 0.1) is 4.92 Å². The molecule has 1 aromatic rings. The van der Waals surface area contributed by atoms with Crippen LogP contribution in [0.4, 0.5) is 15.3 Å². The third-order valence-electron chi connectivity index (χ3n) is 4.72. The number of aliphatic hydroxyl groups is 1. The third-order valence-corrected chi connectivity index (χ3v) is 4.72. The van der Waals surface area contributed by atoms with Crippen LogP contribution in [-0.2, 0) is 0 Å². The van der Waals surface area contributed by atoms with Gasteiger partial charge in [0.2, 0.25) is 0 Å². The number of carbonyl (C=O) groups is 2. The zero-order valence-corrected chi connectivity index (χ0v) is 15.5. The van der Waals surface area contributed by atoms with Gasteiger partial charge in [-0.15, -0.1) is 0 Å². The summed E-state index contributed by atoms with van der Waals surface area (Å²) in [7, 11) is 0. The lowest BCUT2D eigenvalue weighted by Crippen LogP contribution is -2.49. The second kappa shape index (κ2) is 10.5. The average Bonchev–Trinajstić information content (AvgIpc) is 2.68. The molecule has 28 heavy (non-hydrogen) atoms. The van der Waals surface area contributed by atoms with E-state index in [1.165, 1.54) is 29.2 Å². The Balaban J connectivity index is 2.01. The molecule has 0 bridgehead atoms. The number of nitro benzene ring substituents is 1. The molecule has 1 aliphatic rings. The Bertz CT molecular complexity index is 672. The van der Waals surface area contributed by atoms with E-state index in [-0.39, 0.29) is 24.1 Å². The van der Waals surface area contributed by atoms with Crippen molar-refractivity contribution in [2.75, 3.05) is 26.2 Å². The Morgan fingerprint density at radius 1 is 1.18 bits per heavy atom. The summed E-state index contributed by atoms with van der Waals surface area (Å²) >= 11 is 0. The van der Waals surface area contributed by atoms with E-state index in [0.717, 1.165) is 6.42 Å². The SMILES string of the molecule is O=C(O)N1CCC(N(CCCCCO)C(=O)Oc2ccc([N+](=O)[O-])cc2)CC1. The molecule has 0 radical (unpaired) electrons. The minimum Gasteiger partial charge on any atom is -0.465 e. The number of amides is 2. The molecule has 0 aliphatic carbocycles. The van der Waals surface area contributed by atoms with E-state index in [2.05, 4.69) is 0 Å². The number of hydrogen-bond donors (Lipinski definition) is 2. The molecule has 0 unspecified atom stereocenters. The Kier molecular flexibility index (Phi) is 8.00. The number of unbranched alkanes of at least 4 members (excludes halogenated alkanes) is 2. The highest BCUT2D eigenvalue weighted by Gasteiger charge is 2.30. The van der Waals surface area contributed by atoms with Gasteiger partial charge in [0.25, 0.3) is 5.69 Å². The maximum atomic E-state index is 12.7. The first-order valence-corrected chi connectivity index (χ1v) is 9.24. The number of carboxylic acid groups (broad SMARTS) is 1. The number of benzene rings is 1. The second-order valence-corrected chi connectivity index (χ2v) is 6.60. The van der Waals surface area contributed by atoms with Crippen LogP contribution in [0.25, 0.3) is 0 Å². The molecule has 0 saturated carbocycles. The number of rotatable bonds is 8. The van der Waals surface area contributed by atoms with Crippen LogP contribution in [0, 0.1) is 10.1 Å². The molecule has 2 N–H and O–H groups in total. The number of piperidine rings is 1. The highest BCUT2D eigenvalue weighted by atomic mass is 16.6. The van der Waals surface area contributed by atoms with Gasteiger partial charge in [-0.3, -0.25) is 10.1 Å². The summed E-state index contributed by atoms with van der Waals surface area (Å²) in [6.45, 7) is 1.21. The lowest BCUT2D eigenvalue weighted by atomic mass is 10.0. The zero-order chi connectivity index (χ0) is 20.5. The maximum Gasteiger partial charge on any atom is 0.415 e. The number of nitrogens with zero attached hydrogens (tertiary/aromatic N) is 3. The highest BCUT2D eigenvalue weighted by Crippen LogP contribution is 2.22. The van der Waals surface area contributed by atoms with Crippen LogP contribution >= 0.6 is 0 Å².